The van der Waals surface area contributed by atoms with Crippen molar-refractivity contribution in [2.45, 2.75) is 38.3 Å². The van der Waals surface area contributed by atoms with Gasteiger partial charge in [-0.2, -0.15) is 5.10 Å². The molecule has 0 bridgehead atoms. The maximum Gasteiger partial charge on any atom is 0.261 e. The zero-order valence-electron chi connectivity index (χ0n) is 20.4. The van der Waals surface area contributed by atoms with E-state index in [9.17, 15) is 9.90 Å². The Morgan fingerprint density at radius 2 is 2.00 bits per heavy atom. The van der Waals surface area contributed by atoms with Gasteiger partial charge in [0.15, 0.2) is 5.82 Å². The van der Waals surface area contributed by atoms with Crippen LogP contribution in [0.5, 0.6) is 0 Å². The Bertz CT molecular complexity index is 1430. The van der Waals surface area contributed by atoms with E-state index in [-0.39, 0.29) is 11.9 Å². The van der Waals surface area contributed by atoms with Crippen molar-refractivity contribution in [3.8, 4) is 17.1 Å². The third-order valence-electron chi connectivity index (χ3n) is 6.87. The zero-order chi connectivity index (χ0) is 24.9. The van der Waals surface area contributed by atoms with Crippen molar-refractivity contribution in [1.29, 1.82) is 0 Å². The number of aliphatic hydroxyl groups is 1. The van der Waals surface area contributed by atoms with E-state index in [1.54, 1.807) is 11.6 Å². The number of hydrogen-bond donors (Lipinski definition) is 2. The largest absolute Gasteiger partial charge is 0.390 e. The van der Waals surface area contributed by atoms with Crippen LogP contribution in [0, 0.1) is 6.92 Å². The first-order valence-electron chi connectivity index (χ1n) is 12.3. The monoisotopic (exact) mass is 503 g/mol. The number of nitrogens with one attached hydrogen (secondary N) is 1. The number of ether oxygens (including phenoxy) is 1. The molecule has 1 amide bonds. The van der Waals surface area contributed by atoms with Crippen LogP contribution in [0.1, 0.15) is 35.0 Å². The lowest BCUT2D eigenvalue weighted by Crippen LogP contribution is -2.53. The Hall–Kier alpha value is -3.27. The van der Waals surface area contributed by atoms with Gasteiger partial charge in [0.2, 0.25) is 0 Å². The molecule has 1 saturated carbocycles. The first kappa shape index (κ1) is 23.1. The van der Waals surface area contributed by atoms with E-state index in [2.05, 4.69) is 41.4 Å². The first-order valence-corrected chi connectivity index (χ1v) is 13.1. The molecule has 1 saturated heterocycles. The van der Waals surface area contributed by atoms with Crippen LogP contribution in [0.3, 0.4) is 0 Å². The molecule has 2 fully saturated rings. The minimum Gasteiger partial charge on any atom is -0.390 e. The summed E-state index contributed by atoms with van der Waals surface area (Å²) in [6.45, 7) is 6.76. The number of pyridine rings is 1. The Labute approximate surface area is 213 Å². The van der Waals surface area contributed by atoms with E-state index in [1.165, 1.54) is 16.9 Å². The van der Waals surface area contributed by atoms with E-state index in [1.807, 2.05) is 24.4 Å². The second-order valence-electron chi connectivity index (χ2n) is 10.0. The lowest BCUT2D eigenvalue weighted by atomic mass is 9.77. The number of aryl methyl sites for hydroxylation is 1. The molecule has 0 unspecified atom stereocenters. The number of aromatic nitrogens is 3. The fourth-order valence-electron chi connectivity index (χ4n) is 5.03. The number of anilines is 1. The van der Waals surface area contributed by atoms with Crippen molar-refractivity contribution in [2.24, 2.45) is 0 Å². The van der Waals surface area contributed by atoms with Crippen LogP contribution in [-0.2, 0) is 4.74 Å². The average Bonchev–Trinajstić information content (AvgIpc) is 3.50. The number of fused-ring (bicyclic) bond motifs is 1. The highest BCUT2D eigenvalue weighted by molar-refractivity contribution is 7.21. The maximum atomic E-state index is 13.0. The van der Waals surface area contributed by atoms with Crippen LogP contribution in [0.25, 0.3) is 27.3 Å². The predicted octanol–water partition coefficient (Wildman–Crippen LogP) is 3.94. The van der Waals surface area contributed by atoms with E-state index in [0.29, 0.717) is 36.8 Å². The molecule has 1 aliphatic heterocycles. The van der Waals surface area contributed by atoms with Gasteiger partial charge in [-0.05, 0) is 44.9 Å². The molecule has 4 heterocycles. The molecule has 1 aliphatic carbocycles. The maximum absolute atomic E-state index is 13.0. The molecule has 0 atom stereocenters. The number of carbonyl (C=O) groups is 1. The number of rotatable bonds is 5. The summed E-state index contributed by atoms with van der Waals surface area (Å²) in [6, 6.07) is 14.2. The van der Waals surface area contributed by atoms with E-state index < -0.39 is 5.60 Å². The van der Waals surface area contributed by atoms with Gasteiger partial charge in [-0.15, -0.1) is 11.3 Å². The molecule has 3 aromatic heterocycles. The van der Waals surface area contributed by atoms with Crippen molar-refractivity contribution in [1.82, 2.24) is 20.1 Å². The topological polar surface area (TPSA) is 92.5 Å². The van der Waals surface area contributed by atoms with E-state index in [0.717, 1.165) is 40.3 Å². The summed E-state index contributed by atoms with van der Waals surface area (Å²) in [5.41, 5.74) is 4.27. The van der Waals surface area contributed by atoms with Gasteiger partial charge in [0.05, 0.1) is 45.3 Å². The molecule has 36 heavy (non-hydrogen) atoms. The third kappa shape index (κ3) is 4.50. The molecule has 0 radical (unpaired) electrons. The smallest absolute Gasteiger partial charge is 0.261 e. The molecule has 2 aliphatic rings. The number of amides is 1. The SMILES string of the molecule is Cc1cccc(-c2ccn(-c3cc(N4CCOCC4)c4sc(C(=O)NC5CC(C)(O)C5)cc4n3)n2)c1. The molecule has 8 nitrogen and oxygen atoms in total. The van der Waals surface area contributed by atoms with Crippen LogP contribution < -0.4 is 10.2 Å². The predicted molar refractivity (Wildman–Crippen MR) is 141 cm³/mol. The molecular formula is C27H29N5O3S. The number of hydrogen-bond acceptors (Lipinski definition) is 7. The van der Waals surface area contributed by atoms with Gasteiger partial charge < -0.3 is 20.1 Å². The van der Waals surface area contributed by atoms with Crippen LogP contribution >= 0.6 is 11.3 Å². The molecule has 6 rings (SSSR count). The minimum atomic E-state index is -0.681. The number of morpholine rings is 1. The molecule has 9 heteroatoms. The number of benzene rings is 1. The van der Waals surface area contributed by atoms with Gasteiger partial charge in [-0.3, -0.25) is 4.79 Å². The lowest BCUT2D eigenvalue weighted by Gasteiger charge is -2.41. The van der Waals surface area contributed by atoms with E-state index >= 15 is 0 Å². The lowest BCUT2D eigenvalue weighted by molar-refractivity contribution is -0.0366. The number of thiophene rings is 1. The molecule has 4 aromatic rings. The summed E-state index contributed by atoms with van der Waals surface area (Å²) >= 11 is 1.46. The first-order chi connectivity index (χ1) is 17.3. The normalized spacial score (nSPS) is 22.0. The van der Waals surface area contributed by atoms with Gasteiger partial charge in [0, 0.05) is 37.0 Å². The fourth-order valence-corrected chi connectivity index (χ4v) is 6.07. The fraction of sp³-hybridized carbons (Fsp3) is 0.370. The van der Waals surface area contributed by atoms with Gasteiger partial charge in [-0.25, -0.2) is 9.67 Å². The summed E-state index contributed by atoms with van der Waals surface area (Å²) in [4.78, 5) is 20.8. The quantitative estimate of drug-likeness (QED) is 0.429. The zero-order valence-corrected chi connectivity index (χ0v) is 21.2. The number of carbonyl (C=O) groups excluding carboxylic acids is 1. The molecule has 0 spiro atoms. The molecular weight excluding hydrogens is 474 g/mol. The van der Waals surface area contributed by atoms with Gasteiger partial charge in [0.1, 0.15) is 0 Å². The Morgan fingerprint density at radius 1 is 1.19 bits per heavy atom. The minimum absolute atomic E-state index is 0.00376. The molecule has 186 valence electrons. The van der Waals surface area contributed by atoms with Crippen molar-refractivity contribution in [3.63, 3.8) is 0 Å². The van der Waals surface area contributed by atoms with Crippen molar-refractivity contribution >= 4 is 33.1 Å². The standard InChI is InChI=1S/C27H29N5O3S/c1-17-4-3-5-18(12-17)20-6-7-32(30-20)24-14-22(31-8-10-35-11-9-31)25-21(29-24)13-23(36-25)26(33)28-19-15-27(2,34)16-19/h3-7,12-14,19,34H,8-11,15-16H2,1-2H3,(H,28,33). The summed E-state index contributed by atoms with van der Waals surface area (Å²) in [6.07, 6.45) is 3.08. The second kappa shape index (κ2) is 8.99. The van der Waals surface area contributed by atoms with Crippen LogP contribution in [-0.4, -0.2) is 63.7 Å². The molecule has 1 aromatic carbocycles. The summed E-state index contributed by atoms with van der Waals surface area (Å²) in [5.74, 6) is 0.594. The summed E-state index contributed by atoms with van der Waals surface area (Å²) in [5, 5.41) is 17.9. The van der Waals surface area contributed by atoms with Crippen molar-refractivity contribution < 1.29 is 14.6 Å². The van der Waals surface area contributed by atoms with E-state index in [4.69, 9.17) is 14.8 Å². The molecule has 2 N–H and O–H groups in total. The van der Waals surface area contributed by atoms with Crippen molar-refractivity contribution in [3.05, 3.63) is 59.1 Å². The highest BCUT2D eigenvalue weighted by Gasteiger charge is 2.39. The Morgan fingerprint density at radius 3 is 2.75 bits per heavy atom. The highest BCUT2D eigenvalue weighted by atomic mass is 32.1. The third-order valence-corrected chi connectivity index (χ3v) is 8.01. The average molecular weight is 504 g/mol. The highest BCUT2D eigenvalue weighted by Crippen LogP contribution is 2.36. The van der Waals surface area contributed by atoms with Gasteiger partial charge in [-0.1, -0.05) is 23.8 Å². The van der Waals surface area contributed by atoms with Gasteiger partial charge >= 0.3 is 0 Å². The Balaban J connectivity index is 1.36. The second-order valence-corrected chi connectivity index (χ2v) is 11.1. The summed E-state index contributed by atoms with van der Waals surface area (Å²) in [7, 11) is 0. The van der Waals surface area contributed by atoms with Gasteiger partial charge in [0.25, 0.3) is 5.91 Å². The van der Waals surface area contributed by atoms with Crippen LogP contribution in [0.4, 0.5) is 5.69 Å². The number of nitrogens with zero attached hydrogens (tertiary/aromatic N) is 4. The van der Waals surface area contributed by atoms with Crippen LogP contribution in [0.15, 0.2) is 48.7 Å². The Kier molecular flexibility index (Phi) is 5.78. The van der Waals surface area contributed by atoms with Crippen LogP contribution in [0.2, 0.25) is 0 Å². The van der Waals surface area contributed by atoms with Crippen molar-refractivity contribution in [2.75, 3.05) is 31.2 Å². The summed E-state index contributed by atoms with van der Waals surface area (Å²) < 4.78 is 8.36.